The van der Waals surface area contributed by atoms with Gasteiger partial charge in [-0.3, -0.25) is 24.6 Å². The van der Waals surface area contributed by atoms with E-state index in [0.29, 0.717) is 81.2 Å². The van der Waals surface area contributed by atoms with Crippen molar-refractivity contribution in [2.75, 3.05) is 36.4 Å². The van der Waals surface area contributed by atoms with Crippen LogP contribution in [0.4, 0.5) is 20.2 Å². The van der Waals surface area contributed by atoms with Crippen LogP contribution in [0.2, 0.25) is 5.02 Å². The third kappa shape index (κ3) is 7.26. The van der Waals surface area contributed by atoms with E-state index in [-0.39, 0.29) is 23.8 Å². The molecule has 1 atom stereocenters. The second-order valence-electron chi connectivity index (χ2n) is 14.0. The summed E-state index contributed by atoms with van der Waals surface area (Å²) in [5.41, 5.74) is 5.62. The molecule has 0 spiro atoms. The van der Waals surface area contributed by atoms with Crippen LogP contribution in [0, 0.1) is 25.6 Å². The summed E-state index contributed by atoms with van der Waals surface area (Å²) in [6.07, 6.45) is 5.53. The maximum absolute atomic E-state index is 16.5. The van der Waals surface area contributed by atoms with Gasteiger partial charge in [-0.05, 0) is 105 Å². The molecule has 0 bridgehead atoms. The van der Waals surface area contributed by atoms with Gasteiger partial charge in [-0.25, -0.2) is 8.78 Å². The molecule has 0 radical (unpaired) electrons. The first kappa shape index (κ1) is 35.1. The minimum atomic E-state index is -1.25. The number of halogens is 3. The number of aromatic nitrogens is 1. The second kappa shape index (κ2) is 14.2. The number of anilines is 2. The van der Waals surface area contributed by atoms with Crippen molar-refractivity contribution in [2.45, 2.75) is 84.0 Å². The molecule has 0 saturated carbocycles. The van der Waals surface area contributed by atoms with Gasteiger partial charge in [0, 0.05) is 74.2 Å². The van der Waals surface area contributed by atoms with Crippen LogP contribution in [0.3, 0.4) is 0 Å². The monoisotopic (exact) mass is 693 g/mol. The molecule has 1 aromatic heterocycles. The first-order chi connectivity index (χ1) is 23.4. The van der Waals surface area contributed by atoms with Crippen molar-refractivity contribution in [3.8, 4) is 11.1 Å². The van der Waals surface area contributed by atoms with E-state index in [2.05, 4.69) is 28.5 Å². The van der Waals surface area contributed by atoms with Crippen molar-refractivity contribution in [3.05, 3.63) is 80.0 Å². The Morgan fingerprint density at radius 3 is 2.37 bits per heavy atom. The molecule has 2 aromatic carbocycles. The lowest BCUT2D eigenvalue weighted by molar-refractivity contribution is -0.133. The highest BCUT2D eigenvalue weighted by Gasteiger charge is 2.43. The normalized spacial score (nSPS) is 20.4. The molecule has 4 heterocycles. The molecule has 0 aliphatic carbocycles. The smallest absolute Gasteiger partial charge is 0.253 e. The Kier molecular flexibility index (Phi) is 10.2. The van der Waals surface area contributed by atoms with E-state index in [4.69, 9.17) is 11.6 Å². The van der Waals surface area contributed by atoms with Gasteiger partial charge >= 0.3 is 0 Å². The molecule has 8 nitrogen and oxygen atoms in total. The van der Waals surface area contributed by atoms with Crippen molar-refractivity contribution in [1.82, 2.24) is 14.8 Å². The SMILES string of the molecule is CCc1cc(-c2cn(C)c(=O)c(C)c2C)cc(Cl)c1CN1CCC(F)(C2CCN(c3ccc(NC4CCC(=O)NC4=O)cc3F)CC2)CC1. The number of aryl methyl sites for hydroxylation is 2. The number of hydrogen-bond acceptors (Lipinski definition) is 6. The van der Waals surface area contributed by atoms with E-state index in [1.807, 2.05) is 31.0 Å². The second-order valence-corrected chi connectivity index (χ2v) is 14.5. The molecule has 3 fully saturated rings. The van der Waals surface area contributed by atoms with E-state index in [1.165, 1.54) is 6.07 Å². The van der Waals surface area contributed by atoms with Crippen LogP contribution in [0.5, 0.6) is 0 Å². The Labute approximate surface area is 291 Å². The van der Waals surface area contributed by atoms with E-state index >= 15 is 8.78 Å². The fourth-order valence-corrected chi connectivity index (χ4v) is 8.15. The average molecular weight is 694 g/mol. The zero-order valence-corrected chi connectivity index (χ0v) is 29.6. The molecule has 3 aliphatic rings. The van der Waals surface area contributed by atoms with Crippen molar-refractivity contribution in [2.24, 2.45) is 13.0 Å². The van der Waals surface area contributed by atoms with Gasteiger partial charge < -0.3 is 14.8 Å². The summed E-state index contributed by atoms with van der Waals surface area (Å²) in [6, 6.07) is 8.43. The number of alkyl halides is 1. The van der Waals surface area contributed by atoms with Gasteiger partial charge in [-0.2, -0.15) is 0 Å². The number of benzene rings is 2. The van der Waals surface area contributed by atoms with Crippen LogP contribution < -0.4 is 21.1 Å². The summed E-state index contributed by atoms with van der Waals surface area (Å²) in [7, 11) is 1.77. The predicted octanol–water partition coefficient (Wildman–Crippen LogP) is 6.46. The van der Waals surface area contributed by atoms with Crippen molar-refractivity contribution in [3.63, 3.8) is 0 Å². The Hall–Kier alpha value is -3.76. The summed E-state index contributed by atoms with van der Waals surface area (Å²) in [5, 5.41) is 6.02. The van der Waals surface area contributed by atoms with E-state index in [0.717, 1.165) is 39.8 Å². The quantitative estimate of drug-likeness (QED) is 0.264. The van der Waals surface area contributed by atoms with Gasteiger partial charge in [-0.15, -0.1) is 0 Å². The molecule has 262 valence electrons. The highest BCUT2D eigenvalue weighted by Crippen LogP contribution is 2.42. The van der Waals surface area contributed by atoms with Crippen molar-refractivity contribution >= 4 is 34.8 Å². The number of amides is 2. The summed E-state index contributed by atoms with van der Waals surface area (Å²) < 4.78 is 33.3. The van der Waals surface area contributed by atoms with E-state index in [1.54, 1.807) is 23.7 Å². The molecule has 11 heteroatoms. The third-order valence-corrected chi connectivity index (χ3v) is 11.4. The number of pyridine rings is 1. The maximum atomic E-state index is 16.5. The van der Waals surface area contributed by atoms with Crippen LogP contribution in [0.15, 0.2) is 41.3 Å². The number of likely N-dealkylation sites (tertiary alicyclic amines) is 1. The van der Waals surface area contributed by atoms with Crippen molar-refractivity contribution < 1.29 is 18.4 Å². The zero-order chi connectivity index (χ0) is 35.0. The van der Waals surface area contributed by atoms with Gasteiger partial charge in [-0.1, -0.05) is 24.6 Å². The Balaban J connectivity index is 1.05. The topological polar surface area (TPSA) is 86.7 Å². The highest BCUT2D eigenvalue weighted by atomic mass is 35.5. The fraction of sp³-hybridized carbons (Fsp3) is 0.500. The standard InChI is InChI=1S/C38H46ClF2N5O3/c1-5-25-18-26(29-21-44(4)37(49)24(3)23(29)2)19-31(39)30(25)22-45-16-12-38(41,13-17-45)27-10-14-46(15-11-27)34-8-6-28(20-32(34)40)42-33-7-9-35(47)43-36(33)48/h6,8,18-21,27,33,42H,5,7,9-17,22H2,1-4H3,(H,43,47,48). The molecule has 49 heavy (non-hydrogen) atoms. The summed E-state index contributed by atoms with van der Waals surface area (Å²) in [5.74, 6) is -1.17. The highest BCUT2D eigenvalue weighted by molar-refractivity contribution is 6.31. The van der Waals surface area contributed by atoms with Gasteiger partial charge in [0.2, 0.25) is 11.8 Å². The van der Waals surface area contributed by atoms with E-state index < -0.39 is 23.4 Å². The number of nitrogens with one attached hydrogen (secondary N) is 2. The van der Waals surface area contributed by atoms with Crippen LogP contribution in [-0.4, -0.2) is 59.2 Å². The largest absolute Gasteiger partial charge is 0.374 e. The first-order valence-electron chi connectivity index (χ1n) is 17.4. The summed E-state index contributed by atoms with van der Waals surface area (Å²) in [6.45, 7) is 9.05. The molecular formula is C38H46ClF2N5O3. The number of carbonyl (C=O) groups is 2. The lowest BCUT2D eigenvalue weighted by Crippen LogP contribution is -2.49. The predicted molar refractivity (Wildman–Crippen MR) is 190 cm³/mol. The molecule has 3 saturated heterocycles. The van der Waals surface area contributed by atoms with E-state index in [9.17, 15) is 14.4 Å². The summed E-state index contributed by atoms with van der Waals surface area (Å²) >= 11 is 6.93. The molecule has 3 aliphatic heterocycles. The molecule has 1 unspecified atom stereocenters. The van der Waals surface area contributed by atoms with Gasteiger partial charge in [0.05, 0.1) is 5.69 Å². The lowest BCUT2D eigenvalue weighted by Gasteiger charge is -2.45. The molecular weight excluding hydrogens is 648 g/mol. The van der Waals surface area contributed by atoms with Crippen LogP contribution in [-0.2, 0) is 29.6 Å². The lowest BCUT2D eigenvalue weighted by atomic mass is 9.76. The van der Waals surface area contributed by atoms with Crippen molar-refractivity contribution in [1.29, 1.82) is 0 Å². The fourth-order valence-electron chi connectivity index (χ4n) is 7.85. The van der Waals surface area contributed by atoms with Crippen LogP contribution in [0.25, 0.3) is 11.1 Å². The Morgan fingerprint density at radius 2 is 1.71 bits per heavy atom. The number of carbonyl (C=O) groups excluding carboxylic acids is 2. The maximum Gasteiger partial charge on any atom is 0.253 e. The van der Waals surface area contributed by atoms with Gasteiger partial charge in [0.25, 0.3) is 5.56 Å². The number of hydrogen-bond donors (Lipinski definition) is 2. The average Bonchev–Trinajstić information content (AvgIpc) is 3.08. The number of nitrogens with zero attached hydrogens (tertiary/aromatic N) is 3. The molecule has 2 N–H and O–H groups in total. The summed E-state index contributed by atoms with van der Waals surface area (Å²) in [4.78, 5) is 40.2. The zero-order valence-electron chi connectivity index (χ0n) is 28.8. The Morgan fingerprint density at radius 1 is 1.00 bits per heavy atom. The minimum absolute atomic E-state index is 0.000967. The minimum Gasteiger partial charge on any atom is -0.374 e. The molecule has 2 amide bonds. The number of imide groups is 1. The number of piperidine rings is 3. The number of rotatable bonds is 8. The van der Waals surface area contributed by atoms with Crippen LogP contribution in [0.1, 0.15) is 67.7 Å². The van der Waals surface area contributed by atoms with Gasteiger partial charge in [0.1, 0.15) is 17.5 Å². The Bertz CT molecular complexity index is 1810. The third-order valence-electron chi connectivity index (χ3n) is 11.1. The molecule has 3 aromatic rings. The van der Waals surface area contributed by atoms with Crippen LogP contribution >= 0.6 is 11.6 Å². The van der Waals surface area contributed by atoms with Gasteiger partial charge in [0.15, 0.2) is 0 Å². The first-order valence-corrected chi connectivity index (χ1v) is 17.8. The molecule has 6 rings (SSSR count).